The molecule has 0 aliphatic rings. The molecule has 0 atom stereocenters. The number of amides is 2. The third-order valence-electron chi connectivity index (χ3n) is 4.48. The number of fused-ring (bicyclic) bond motifs is 1. The number of hydrogen-bond donors (Lipinski definition) is 2. The van der Waals surface area contributed by atoms with Crippen LogP contribution in [0.25, 0.3) is 10.9 Å². The van der Waals surface area contributed by atoms with E-state index >= 15 is 0 Å². The molecule has 0 aliphatic carbocycles. The summed E-state index contributed by atoms with van der Waals surface area (Å²) in [5.74, 6) is -0.886. The minimum absolute atomic E-state index is 0.0597. The fourth-order valence-corrected chi connectivity index (χ4v) is 2.99. The number of hydrogen-bond acceptors (Lipinski definition) is 4. The van der Waals surface area contributed by atoms with Gasteiger partial charge < -0.3 is 15.4 Å². The summed E-state index contributed by atoms with van der Waals surface area (Å²) in [6, 6.07) is 23.5. The van der Waals surface area contributed by atoms with Crippen LogP contribution in [-0.4, -0.2) is 23.4 Å². The molecule has 0 bridgehead atoms. The first-order valence-electron chi connectivity index (χ1n) is 9.53. The molecule has 154 valence electrons. The molecular weight excluding hydrogens is 397 g/mol. The Bertz CT molecular complexity index is 1260. The van der Waals surface area contributed by atoms with Gasteiger partial charge in [0.15, 0.2) is 6.61 Å². The van der Waals surface area contributed by atoms with Crippen molar-refractivity contribution >= 4 is 34.2 Å². The Balaban J connectivity index is 1.44. The van der Waals surface area contributed by atoms with E-state index in [4.69, 9.17) is 4.74 Å². The SMILES string of the molecule is O=C(COc1ccccc1C(=O)Nc1ccc2ccccc2n1)Nc1ccccc1F. The number of halogens is 1. The van der Waals surface area contributed by atoms with Crippen LogP contribution >= 0.6 is 0 Å². The number of nitrogens with zero attached hydrogens (tertiary/aromatic N) is 1. The van der Waals surface area contributed by atoms with Gasteiger partial charge in [0, 0.05) is 5.39 Å². The zero-order valence-corrected chi connectivity index (χ0v) is 16.3. The van der Waals surface area contributed by atoms with E-state index in [-0.39, 0.29) is 23.6 Å². The number of para-hydroxylation sites is 3. The number of ether oxygens (including phenoxy) is 1. The first kappa shape index (κ1) is 20.0. The molecule has 0 saturated heterocycles. The molecule has 2 N–H and O–H groups in total. The van der Waals surface area contributed by atoms with E-state index in [0.29, 0.717) is 5.82 Å². The molecule has 0 spiro atoms. The molecule has 0 aliphatic heterocycles. The molecule has 0 radical (unpaired) electrons. The molecule has 0 unspecified atom stereocenters. The molecular formula is C24H18FN3O3. The van der Waals surface area contributed by atoms with Crippen molar-refractivity contribution in [1.29, 1.82) is 0 Å². The second kappa shape index (κ2) is 9.04. The number of aromatic nitrogens is 1. The van der Waals surface area contributed by atoms with E-state index in [9.17, 15) is 14.0 Å². The van der Waals surface area contributed by atoms with E-state index in [1.54, 1.807) is 36.4 Å². The van der Waals surface area contributed by atoms with Gasteiger partial charge in [0.2, 0.25) is 0 Å². The largest absolute Gasteiger partial charge is 0.483 e. The third kappa shape index (κ3) is 4.84. The highest BCUT2D eigenvalue weighted by Gasteiger charge is 2.15. The number of rotatable bonds is 6. The second-order valence-electron chi connectivity index (χ2n) is 6.66. The zero-order valence-electron chi connectivity index (χ0n) is 16.3. The number of carbonyl (C=O) groups excluding carboxylic acids is 2. The Kier molecular flexibility index (Phi) is 5.84. The van der Waals surface area contributed by atoms with Crippen molar-refractivity contribution in [2.45, 2.75) is 0 Å². The number of benzene rings is 3. The van der Waals surface area contributed by atoms with Crippen molar-refractivity contribution in [2.24, 2.45) is 0 Å². The predicted molar refractivity (Wildman–Crippen MR) is 117 cm³/mol. The molecule has 1 aromatic heterocycles. The van der Waals surface area contributed by atoms with Crippen LogP contribution in [0.1, 0.15) is 10.4 Å². The summed E-state index contributed by atoms with van der Waals surface area (Å²) in [7, 11) is 0. The summed E-state index contributed by atoms with van der Waals surface area (Å²) in [5.41, 5.74) is 1.07. The average Bonchev–Trinajstić information content (AvgIpc) is 2.79. The quantitative estimate of drug-likeness (QED) is 0.481. The van der Waals surface area contributed by atoms with Crippen molar-refractivity contribution in [3.63, 3.8) is 0 Å². The van der Waals surface area contributed by atoms with Crippen LogP contribution < -0.4 is 15.4 Å². The Morgan fingerprint density at radius 1 is 0.839 bits per heavy atom. The highest BCUT2D eigenvalue weighted by Crippen LogP contribution is 2.21. The molecule has 31 heavy (non-hydrogen) atoms. The summed E-state index contributed by atoms with van der Waals surface area (Å²) in [5, 5.41) is 6.15. The van der Waals surface area contributed by atoms with Crippen LogP contribution in [0, 0.1) is 5.82 Å². The van der Waals surface area contributed by atoms with Gasteiger partial charge in [-0.15, -0.1) is 0 Å². The van der Waals surface area contributed by atoms with E-state index in [0.717, 1.165) is 10.9 Å². The van der Waals surface area contributed by atoms with Gasteiger partial charge in [-0.3, -0.25) is 9.59 Å². The lowest BCUT2D eigenvalue weighted by Crippen LogP contribution is -2.22. The van der Waals surface area contributed by atoms with Gasteiger partial charge in [-0.25, -0.2) is 9.37 Å². The molecule has 7 heteroatoms. The molecule has 3 aromatic carbocycles. The minimum atomic E-state index is -0.545. The smallest absolute Gasteiger partial charge is 0.262 e. The van der Waals surface area contributed by atoms with Crippen LogP contribution in [-0.2, 0) is 4.79 Å². The van der Waals surface area contributed by atoms with Gasteiger partial charge >= 0.3 is 0 Å². The number of pyridine rings is 1. The lowest BCUT2D eigenvalue weighted by Gasteiger charge is -2.12. The highest BCUT2D eigenvalue weighted by molar-refractivity contribution is 6.06. The van der Waals surface area contributed by atoms with E-state index < -0.39 is 17.6 Å². The topological polar surface area (TPSA) is 80.3 Å². The Labute approximate surface area is 177 Å². The summed E-state index contributed by atoms with van der Waals surface area (Å²) in [4.78, 5) is 29.3. The van der Waals surface area contributed by atoms with Crippen molar-refractivity contribution in [3.8, 4) is 5.75 Å². The van der Waals surface area contributed by atoms with Crippen LogP contribution in [0.5, 0.6) is 5.75 Å². The summed E-state index contributed by atoms with van der Waals surface area (Å²) in [6.07, 6.45) is 0. The molecule has 0 saturated carbocycles. The van der Waals surface area contributed by atoms with Gasteiger partial charge in [-0.2, -0.15) is 0 Å². The van der Waals surface area contributed by atoms with Crippen molar-refractivity contribution in [2.75, 3.05) is 17.2 Å². The van der Waals surface area contributed by atoms with Gasteiger partial charge in [0.05, 0.1) is 16.8 Å². The fraction of sp³-hybridized carbons (Fsp3) is 0.0417. The van der Waals surface area contributed by atoms with Gasteiger partial charge in [0.25, 0.3) is 11.8 Å². The van der Waals surface area contributed by atoms with Crippen LogP contribution in [0.4, 0.5) is 15.9 Å². The Morgan fingerprint density at radius 2 is 1.58 bits per heavy atom. The number of carbonyl (C=O) groups is 2. The van der Waals surface area contributed by atoms with Crippen molar-refractivity contribution < 1.29 is 18.7 Å². The maximum Gasteiger partial charge on any atom is 0.262 e. The van der Waals surface area contributed by atoms with Crippen LogP contribution in [0.3, 0.4) is 0 Å². The standard InChI is InChI=1S/C24H18FN3O3/c25-18-9-3-5-11-20(18)27-23(29)15-31-21-12-6-2-8-17(21)24(30)28-22-14-13-16-7-1-4-10-19(16)26-22/h1-14H,15H2,(H,27,29)(H,26,28,30). The van der Waals surface area contributed by atoms with E-state index in [1.807, 2.05) is 30.3 Å². The van der Waals surface area contributed by atoms with Crippen molar-refractivity contribution in [3.05, 3.63) is 96.3 Å². The molecule has 6 nitrogen and oxygen atoms in total. The van der Waals surface area contributed by atoms with E-state index in [1.165, 1.54) is 18.2 Å². The van der Waals surface area contributed by atoms with Gasteiger partial charge in [-0.05, 0) is 42.5 Å². The summed E-state index contributed by atoms with van der Waals surface area (Å²) >= 11 is 0. The molecule has 4 rings (SSSR count). The zero-order chi connectivity index (χ0) is 21.6. The van der Waals surface area contributed by atoms with Crippen LogP contribution in [0.2, 0.25) is 0 Å². The van der Waals surface area contributed by atoms with Gasteiger partial charge in [0.1, 0.15) is 17.4 Å². The van der Waals surface area contributed by atoms with Crippen molar-refractivity contribution in [1.82, 2.24) is 4.98 Å². The molecule has 4 aromatic rings. The summed E-state index contributed by atoms with van der Waals surface area (Å²) in [6.45, 7) is -0.382. The minimum Gasteiger partial charge on any atom is -0.483 e. The lowest BCUT2D eigenvalue weighted by atomic mass is 10.2. The number of anilines is 2. The molecule has 0 fully saturated rings. The monoisotopic (exact) mass is 415 g/mol. The Hall–Kier alpha value is -4.26. The maximum atomic E-state index is 13.7. The average molecular weight is 415 g/mol. The summed E-state index contributed by atoms with van der Waals surface area (Å²) < 4.78 is 19.2. The van der Waals surface area contributed by atoms with Gasteiger partial charge in [-0.1, -0.05) is 42.5 Å². The highest BCUT2D eigenvalue weighted by atomic mass is 19.1. The normalized spacial score (nSPS) is 10.5. The first-order valence-corrected chi connectivity index (χ1v) is 9.53. The second-order valence-corrected chi connectivity index (χ2v) is 6.66. The molecule has 2 amide bonds. The fourth-order valence-electron chi connectivity index (χ4n) is 2.99. The van der Waals surface area contributed by atoms with Crippen LogP contribution in [0.15, 0.2) is 84.9 Å². The Morgan fingerprint density at radius 3 is 2.45 bits per heavy atom. The molecule has 1 heterocycles. The third-order valence-corrected chi connectivity index (χ3v) is 4.48. The lowest BCUT2D eigenvalue weighted by molar-refractivity contribution is -0.118. The predicted octanol–water partition coefficient (Wildman–Crippen LogP) is 4.64. The van der Waals surface area contributed by atoms with E-state index in [2.05, 4.69) is 15.6 Å². The maximum absolute atomic E-state index is 13.7. The first-order chi connectivity index (χ1) is 15.1. The number of nitrogens with one attached hydrogen (secondary N) is 2.